The molecule has 0 spiro atoms. The Kier molecular flexibility index (Phi) is 6.94. The normalized spacial score (nSPS) is 12.2. The molecule has 1 nitrogen and oxygen atoms in total. The second-order valence-electron chi connectivity index (χ2n) is 6.68. The van der Waals surface area contributed by atoms with Crippen molar-refractivity contribution in [3.8, 4) is 0 Å². The molecule has 0 aliphatic rings. The molecule has 0 fully saturated rings. The van der Waals surface area contributed by atoms with Crippen LogP contribution in [0.2, 0.25) is 5.02 Å². The van der Waals surface area contributed by atoms with E-state index in [9.17, 15) is 0 Å². The van der Waals surface area contributed by atoms with Crippen molar-refractivity contribution >= 4 is 34.8 Å². The van der Waals surface area contributed by atoms with E-state index < -0.39 is 0 Å². The summed E-state index contributed by atoms with van der Waals surface area (Å²) < 4.78 is 0. The van der Waals surface area contributed by atoms with Crippen molar-refractivity contribution in [3.63, 3.8) is 0 Å². The molecule has 0 unspecified atom stereocenters. The molecule has 0 N–H and O–H groups in total. The highest BCUT2D eigenvalue weighted by molar-refractivity contribution is 8.00. The van der Waals surface area contributed by atoms with Gasteiger partial charge in [-0.05, 0) is 54.2 Å². The fraction of sp³-hybridized carbons (Fsp3) is 0.381. The number of hydrogen-bond donors (Lipinski definition) is 0. The molecule has 0 radical (unpaired) electrons. The lowest BCUT2D eigenvalue weighted by atomic mass is 9.93. The van der Waals surface area contributed by atoms with Crippen LogP contribution in [0.1, 0.15) is 57.6 Å². The average molecular weight is 360 g/mol. The summed E-state index contributed by atoms with van der Waals surface area (Å²) in [4.78, 5) is 6.22. The van der Waals surface area contributed by atoms with Crippen molar-refractivity contribution in [2.45, 2.75) is 51.3 Å². The summed E-state index contributed by atoms with van der Waals surface area (Å²) in [6, 6.07) is 14.5. The van der Waals surface area contributed by atoms with Crippen LogP contribution in [0.15, 0.2) is 52.4 Å². The van der Waals surface area contributed by atoms with E-state index in [2.05, 4.69) is 65.0 Å². The van der Waals surface area contributed by atoms with Gasteiger partial charge >= 0.3 is 0 Å². The van der Waals surface area contributed by atoms with Gasteiger partial charge in [0.1, 0.15) is 0 Å². The molecule has 0 aromatic heterocycles. The molecule has 0 saturated carbocycles. The molecule has 128 valence electrons. The van der Waals surface area contributed by atoms with Crippen LogP contribution in [0.4, 0.5) is 5.69 Å². The van der Waals surface area contributed by atoms with Crippen molar-refractivity contribution < 1.29 is 0 Å². The first-order valence-corrected chi connectivity index (χ1v) is 9.80. The topological polar surface area (TPSA) is 12.4 Å². The van der Waals surface area contributed by atoms with Crippen molar-refractivity contribution in [1.29, 1.82) is 0 Å². The lowest BCUT2D eigenvalue weighted by Crippen LogP contribution is -2.00. The van der Waals surface area contributed by atoms with Gasteiger partial charge in [-0.2, -0.15) is 0 Å². The minimum absolute atomic E-state index is 0.471. The largest absolute Gasteiger partial charge is 0.257 e. The molecule has 0 saturated heterocycles. The Balaban J connectivity index is 2.23. The monoisotopic (exact) mass is 359 g/mol. The maximum absolute atomic E-state index is 5.94. The molecular weight excluding hydrogens is 334 g/mol. The third-order valence-electron chi connectivity index (χ3n) is 3.91. The van der Waals surface area contributed by atoms with E-state index in [1.54, 1.807) is 11.8 Å². The maximum atomic E-state index is 5.94. The molecule has 2 aromatic carbocycles. The van der Waals surface area contributed by atoms with E-state index in [0.29, 0.717) is 11.8 Å². The zero-order valence-electron chi connectivity index (χ0n) is 15.1. The summed E-state index contributed by atoms with van der Waals surface area (Å²) in [6.45, 7) is 11.0. The molecule has 24 heavy (non-hydrogen) atoms. The lowest BCUT2D eigenvalue weighted by molar-refractivity contribution is 0.834. The van der Waals surface area contributed by atoms with Crippen molar-refractivity contribution in [3.05, 3.63) is 58.6 Å². The predicted molar refractivity (Wildman–Crippen MR) is 110 cm³/mol. The van der Waals surface area contributed by atoms with Gasteiger partial charge < -0.3 is 0 Å². The van der Waals surface area contributed by atoms with E-state index in [4.69, 9.17) is 16.6 Å². The summed E-state index contributed by atoms with van der Waals surface area (Å²) in [5, 5.41) is 0.775. The summed E-state index contributed by atoms with van der Waals surface area (Å²) in [7, 11) is 0. The van der Waals surface area contributed by atoms with Gasteiger partial charge in [0.15, 0.2) is 0 Å². The number of halogens is 1. The molecule has 0 atom stereocenters. The average Bonchev–Trinajstić information content (AvgIpc) is 2.54. The summed E-state index contributed by atoms with van der Waals surface area (Å²) in [6.07, 6.45) is 0. The highest BCUT2D eigenvalue weighted by Gasteiger charge is 2.13. The number of para-hydroxylation sites is 1. The third kappa shape index (κ3) is 5.12. The minimum atomic E-state index is 0.471. The molecule has 0 aliphatic heterocycles. The van der Waals surface area contributed by atoms with Gasteiger partial charge in [-0.25, -0.2) is 0 Å². The van der Waals surface area contributed by atoms with Crippen LogP contribution in [0.3, 0.4) is 0 Å². The van der Waals surface area contributed by atoms with Gasteiger partial charge in [-0.3, -0.25) is 4.99 Å². The minimum Gasteiger partial charge on any atom is -0.257 e. The zero-order valence-corrected chi connectivity index (χ0v) is 16.7. The van der Waals surface area contributed by atoms with Crippen LogP contribution in [-0.2, 0) is 0 Å². The van der Waals surface area contributed by atoms with Gasteiger partial charge in [0.2, 0.25) is 0 Å². The number of aliphatic imine (C=N–C) groups is 1. The van der Waals surface area contributed by atoms with Gasteiger partial charge in [-0.15, -0.1) is 11.8 Å². The number of benzene rings is 2. The van der Waals surface area contributed by atoms with Crippen LogP contribution in [-0.4, -0.2) is 11.5 Å². The van der Waals surface area contributed by atoms with E-state index in [0.717, 1.165) is 22.2 Å². The molecule has 3 heteroatoms. The van der Waals surface area contributed by atoms with Gasteiger partial charge in [0, 0.05) is 21.4 Å². The van der Waals surface area contributed by atoms with Crippen LogP contribution in [0.5, 0.6) is 0 Å². The molecule has 0 heterocycles. The maximum Gasteiger partial charge on any atom is 0.0698 e. The fourth-order valence-electron chi connectivity index (χ4n) is 2.58. The molecule has 0 bridgehead atoms. The van der Waals surface area contributed by atoms with E-state index in [-0.39, 0.29) is 0 Å². The Morgan fingerprint density at radius 2 is 1.50 bits per heavy atom. The quantitative estimate of drug-likeness (QED) is 0.384. The Morgan fingerprint density at radius 1 is 0.958 bits per heavy atom. The van der Waals surface area contributed by atoms with Gasteiger partial charge in [0.05, 0.1) is 5.69 Å². The van der Waals surface area contributed by atoms with E-state index >= 15 is 0 Å². The summed E-state index contributed by atoms with van der Waals surface area (Å²) in [5.41, 5.74) is 4.97. The first-order chi connectivity index (χ1) is 11.4. The van der Waals surface area contributed by atoms with Gasteiger partial charge in [-0.1, -0.05) is 57.5 Å². The first-order valence-electron chi connectivity index (χ1n) is 8.43. The molecule has 2 aromatic rings. The standard InChI is InChI=1S/C21H26ClNS/c1-14(2)19-7-6-8-20(15(3)4)21(19)23-16(5)13-24-18-11-9-17(22)10-12-18/h6-12,14-15H,13H2,1-5H3. The molecule has 0 aliphatic carbocycles. The Labute approximate surface area is 155 Å². The van der Waals surface area contributed by atoms with Crippen molar-refractivity contribution in [2.24, 2.45) is 4.99 Å². The van der Waals surface area contributed by atoms with Crippen molar-refractivity contribution in [2.75, 3.05) is 5.75 Å². The van der Waals surface area contributed by atoms with Crippen molar-refractivity contribution in [1.82, 2.24) is 0 Å². The third-order valence-corrected chi connectivity index (χ3v) is 5.33. The zero-order chi connectivity index (χ0) is 17.7. The Hall–Kier alpha value is -1.25. The predicted octanol–water partition coefficient (Wildman–Crippen LogP) is 7.47. The fourth-order valence-corrected chi connectivity index (χ4v) is 3.48. The second kappa shape index (κ2) is 8.73. The van der Waals surface area contributed by atoms with E-state index in [1.165, 1.54) is 16.0 Å². The summed E-state index contributed by atoms with van der Waals surface area (Å²) >= 11 is 7.74. The molecule has 0 amide bonds. The first kappa shape index (κ1) is 19.1. The number of rotatable bonds is 6. The highest BCUT2D eigenvalue weighted by Crippen LogP contribution is 2.35. The lowest BCUT2D eigenvalue weighted by Gasteiger charge is -2.17. The van der Waals surface area contributed by atoms with Crippen LogP contribution < -0.4 is 0 Å². The van der Waals surface area contributed by atoms with Crippen LogP contribution in [0, 0.1) is 0 Å². The van der Waals surface area contributed by atoms with Crippen LogP contribution >= 0.6 is 23.4 Å². The van der Waals surface area contributed by atoms with E-state index in [1.807, 2.05) is 12.1 Å². The van der Waals surface area contributed by atoms with Crippen LogP contribution in [0.25, 0.3) is 0 Å². The number of hydrogen-bond acceptors (Lipinski definition) is 2. The number of thioether (sulfide) groups is 1. The molecular formula is C21H26ClNS. The smallest absolute Gasteiger partial charge is 0.0698 e. The highest BCUT2D eigenvalue weighted by atomic mass is 35.5. The second-order valence-corrected chi connectivity index (χ2v) is 8.17. The Morgan fingerprint density at radius 3 is 2.00 bits per heavy atom. The SMILES string of the molecule is CC(CSc1ccc(Cl)cc1)=Nc1c(C(C)C)cccc1C(C)C. The van der Waals surface area contributed by atoms with Gasteiger partial charge in [0.25, 0.3) is 0 Å². The summed E-state index contributed by atoms with van der Waals surface area (Å²) in [5.74, 6) is 1.82. The molecule has 2 rings (SSSR count). The number of nitrogens with zero attached hydrogens (tertiary/aromatic N) is 1. The Bertz CT molecular complexity index is 676.